The van der Waals surface area contributed by atoms with Crippen LogP contribution in [0, 0.1) is 0 Å². The van der Waals surface area contributed by atoms with Crippen LogP contribution >= 0.6 is 28.6 Å². The lowest BCUT2D eigenvalue weighted by Gasteiger charge is -2.05. The maximum atomic E-state index is 11.4. The van der Waals surface area contributed by atoms with Crippen molar-refractivity contribution in [2.24, 2.45) is 0 Å². The maximum Gasteiger partial charge on any atom is 0.250 e. The Balaban J connectivity index is 2.37. The maximum absolute atomic E-state index is 11.4. The zero-order chi connectivity index (χ0) is 11.1. The summed E-state index contributed by atoms with van der Waals surface area (Å²) in [5.41, 5.74) is 0.0763. The first-order valence-electron chi connectivity index (χ1n) is 5.21. The number of hydrogen-bond donors (Lipinski definition) is 1. The minimum Gasteiger partial charge on any atom is -0.314 e. The van der Waals surface area contributed by atoms with Crippen LogP contribution in [0.2, 0.25) is 0 Å². The number of aromatic nitrogens is 1. The molecule has 84 valence electrons. The fraction of sp³-hybridized carbons (Fsp3) is 0.545. The Labute approximate surface area is 104 Å². The molecule has 4 heteroatoms. The number of thiol groups is 1. The first-order chi connectivity index (χ1) is 7.24. The van der Waals surface area contributed by atoms with E-state index in [1.807, 2.05) is 6.20 Å². The van der Waals surface area contributed by atoms with E-state index in [9.17, 15) is 4.79 Å². The Bertz CT molecular complexity index is 351. The Morgan fingerprint density at radius 3 is 2.67 bits per heavy atom. The second-order valence-corrected chi connectivity index (χ2v) is 4.88. The summed E-state index contributed by atoms with van der Waals surface area (Å²) in [5.74, 6) is 0.955. The highest BCUT2D eigenvalue weighted by atomic mass is 79.9. The van der Waals surface area contributed by atoms with Gasteiger partial charge in [0.1, 0.15) is 0 Å². The molecule has 0 amide bonds. The molecule has 0 radical (unpaired) electrons. The largest absolute Gasteiger partial charge is 0.314 e. The fourth-order valence-corrected chi connectivity index (χ4v) is 2.03. The topological polar surface area (TPSA) is 22.0 Å². The summed E-state index contributed by atoms with van der Waals surface area (Å²) in [4.78, 5) is 11.4. The molecule has 15 heavy (non-hydrogen) atoms. The SMILES string of the molecule is O=c1ccc(Br)cn1CCCCCCS. The van der Waals surface area contributed by atoms with Crippen molar-refractivity contribution in [3.05, 3.63) is 33.2 Å². The summed E-state index contributed by atoms with van der Waals surface area (Å²) < 4.78 is 2.71. The normalized spacial score (nSPS) is 10.5. The smallest absolute Gasteiger partial charge is 0.250 e. The fourth-order valence-electron chi connectivity index (χ4n) is 1.42. The number of aryl methyl sites for hydroxylation is 1. The molecule has 0 saturated heterocycles. The van der Waals surface area contributed by atoms with E-state index < -0.39 is 0 Å². The van der Waals surface area contributed by atoms with E-state index in [4.69, 9.17) is 0 Å². The predicted octanol–water partition coefficient (Wildman–Crippen LogP) is 3.10. The van der Waals surface area contributed by atoms with Gasteiger partial charge in [-0.2, -0.15) is 12.6 Å². The molecule has 2 nitrogen and oxygen atoms in total. The monoisotopic (exact) mass is 289 g/mol. The van der Waals surface area contributed by atoms with Gasteiger partial charge >= 0.3 is 0 Å². The molecule has 0 spiro atoms. The van der Waals surface area contributed by atoms with Crippen molar-refractivity contribution in [1.29, 1.82) is 0 Å². The van der Waals surface area contributed by atoms with Crippen LogP contribution in [0.4, 0.5) is 0 Å². The number of hydrogen-bond acceptors (Lipinski definition) is 2. The van der Waals surface area contributed by atoms with Crippen molar-refractivity contribution in [2.45, 2.75) is 32.2 Å². The number of unbranched alkanes of at least 4 members (excludes halogenated alkanes) is 3. The third-order valence-corrected chi connectivity index (χ3v) is 3.04. The van der Waals surface area contributed by atoms with Crippen molar-refractivity contribution in [3.63, 3.8) is 0 Å². The van der Waals surface area contributed by atoms with Crippen LogP contribution in [0.1, 0.15) is 25.7 Å². The van der Waals surface area contributed by atoms with Gasteiger partial charge in [-0.1, -0.05) is 12.8 Å². The average Bonchev–Trinajstić information content (AvgIpc) is 2.23. The highest BCUT2D eigenvalue weighted by Crippen LogP contribution is 2.07. The van der Waals surface area contributed by atoms with E-state index in [0.717, 1.165) is 29.6 Å². The van der Waals surface area contributed by atoms with Gasteiger partial charge in [-0.3, -0.25) is 4.79 Å². The molecular formula is C11H16BrNOS. The summed E-state index contributed by atoms with van der Waals surface area (Å²) >= 11 is 7.52. The lowest BCUT2D eigenvalue weighted by Crippen LogP contribution is -2.18. The second kappa shape index (κ2) is 7.12. The summed E-state index contributed by atoms with van der Waals surface area (Å²) in [6, 6.07) is 3.37. The van der Waals surface area contributed by atoms with Crippen LogP contribution in [0.25, 0.3) is 0 Å². The first kappa shape index (κ1) is 12.8. The zero-order valence-corrected chi connectivity index (χ0v) is 11.1. The minimum absolute atomic E-state index is 0.0763. The molecule has 0 unspecified atom stereocenters. The van der Waals surface area contributed by atoms with Gasteiger partial charge < -0.3 is 4.57 Å². The standard InChI is InChI=1S/C11H16BrNOS/c12-10-5-6-11(14)13(9-10)7-3-1-2-4-8-15/h5-6,9,15H,1-4,7-8H2. The van der Waals surface area contributed by atoms with E-state index >= 15 is 0 Å². The molecule has 0 atom stereocenters. The molecule has 1 rings (SSSR count). The number of halogens is 1. The van der Waals surface area contributed by atoms with Gasteiger partial charge in [0.2, 0.25) is 0 Å². The van der Waals surface area contributed by atoms with E-state index in [1.54, 1.807) is 16.7 Å². The highest BCUT2D eigenvalue weighted by Gasteiger charge is 1.96. The second-order valence-electron chi connectivity index (χ2n) is 3.52. The predicted molar refractivity (Wildman–Crippen MR) is 70.7 cm³/mol. The summed E-state index contributed by atoms with van der Waals surface area (Å²) in [6.45, 7) is 0.810. The van der Waals surface area contributed by atoms with Gasteiger partial charge in [-0.15, -0.1) is 0 Å². The lowest BCUT2D eigenvalue weighted by molar-refractivity contribution is 0.571. The van der Waals surface area contributed by atoms with E-state index in [2.05, 4.69) is 28.6 Å². The molecule has 0 fully saturated rings. The van der Waals surface area contributed by atoms with Crippen LogP contribution < -0.4 is 5.56 Å². The summed E-state index contributed by atoms with van der Waals surface area (Å²) in [7, 11) is 0. The molecular weight excluding hydrogens is 274 g/mol. The van der Waals surface area contributed by atoms with Gasteiger partial charge in [0.15, 0.2) is 0 Å². The average molecular weight is 290 g/mol. The molecule has 1 aromatic heterocycles. The van der Waals surface area contributed by atoms with Crippen molar-refractivity contribution < 1.29 is 0 Å². The Kier molecular flexibility index (Phi) is 6.10. The van der Waals surface area contributed by atoms with Crippen LogP contribution in [-0.4, -0.2) is 10.3 Å². The Hall–Kier alpha value is -0.220. The van der Waals surface area contributed by atoms with Crippen LogP contribution in [-0.2, 0) is 6.54 Å². The number of rotatable bonds is 6. The van der Waals surface area contributed by atoms with Gasteiger partial charge in [-0.25, -0.2) is 0 Å². The van der Waals surface area contributed by atoms with Crippen LogP contribution in [0.3, 0.4) is 0 Å². The van der Waals surface area contributed by atoms with Crippen LogP contribution in [0.15, 0.2) is 27.6 Å². The third-order valence-electron chi connectivity index (χ3n) is 2.25. The molecule has 0 N–H and O–H groups in total. The highest BCUT2D eigenvalue weighted by molar-refractivity contribution is 9.10. The third kappa shape index (κ3) is 4.89. The van der Waals surface area contributed by atoms with E-state index in [0.29, 0.717) is 0 Å². The molecule has 0 aromatic carbocycles. The van der Waals surface area contributed by atoms with Crippen molar-refractivity contribution in [3.8, 4) is 0 Å². The quantitative estimate of drug-likeness (QED) is 0.631. The first-order valence-corrected chi connectivity index (χ1v) is 6.63. The number of pyridine rings is 1. The molecule has 1 aromatic rings. The molecule has 0 aliphatic heterocycles. The zero-order valence-electron chi connectivity index (χ0n) is 8.66. The lowest BCUT2D eigenvalue weighted by atomic mass is 10.2. The van der Waals surface area contributed by atoms with E-state index in [1.165, 1.54) is 12.8 Å². The molecule has 0 saturated carbocycles. The molecule has 1 heterocycles. The van der Waals surface area contributed by atoms with Gasteiger partial charge in [0.25, 0.3) is 5.56 Å². The van der Waals surface area contributed by atoms with Crippen molar-refractivity contribution in [1.82, 2.24) is 4.57 Å². The van der Waals surface area contributed by atoms with E-state index in [-0.39, 0.29) is 5.56 Å². The summed E-state index contributed by atoms with van der Waals surface area (Å²) in [5, 5.41) is 0. The minimum atomic E-state index is 0.0763. The molecule has 0 aliphatic carbocycles. The molecule has 0 aliphatic rings. The van der Waals surface area contributed by atoms with Gasteiger partial charge in [0, 0.05) is 23.3 Å². The molecule has 0 bridgehead atoms. The van der Waals surface area contributed by atoms with Crippen molar-refractivity contribution >= 4 is 28.6 Å². The summed E-state index contributed by atoms with van der Waals surface area (Å²) in [6.07, 6.45) is 6.44. The number of nitrogens with zero attached hydrogens (tertiary/aromatic N) is 1. The van der Waals surface area contributed by atoms with Gasteiger partial charge in [-0.05, 0) is 40.6 Å². The van der Waals surface area contributed by atoms with Gasteiger partial charge in [0.05, 0.1) is 0 Å². The van der Waals surface area contributed by atoms with Crippen molar-refractivity contribution in [2.75, 3.05) is 5.75 Å². The Morgan fingerprint density at radius 1 is 1.20 bits per heavy atom. The Morgan fingerprint density at radius 2 is 1.93 bits per heavy atom. The van der Waals surface area contributed by atoms with Crippen LogP contribution in [0.5, 0.6) is 0 Å².